The summed E-state index contributed by atoms with van der Waals surface area (Å²) in [6, 6.07) is 4.93. The first kappa shape index (κ1) is 26.9. The third kappa shape index (κ3) is 3.89. The lowest BCUT2D eigenvalue weighted by Gasteiger charge is -2.41. The average Bonchev–Trinajstić information content (AvgIpc) is 3.55. The predicted octanol–water partition coefficient (Wildman–Crippen LogP) is 4.01. The SMILES string of the molecule is C=CC(=O)N1CCN(c2nc(=O)n(C34CCCN3CCC4)c3c4c(c(Cl)cc23)-c2c(ccc(F)c2P)CO4)[C@@H](C)C1. The molecule has 0 spiro atoms. The zero-order valence-electron chi connectivity index (χ0n) is 23.0. The van der Waals surface area contributed by atoms with E-state index in [1.54, 1.807) is 11.0 Å². The van der Waals surface area contributed by atoms with Gasteiger partial charge in [0.05, 0.1) is 5.02 Å². The fraction of sp³-hybridized carbons (Fsp3) is 0.433. The van der Waals surface area contributed by atoms with Crippen LogP contribution in [0.2, 0.25) is 5.02 Å². The number of hydrogen-bond acceptors (Lipinski definition) is 6. The van der Waals surface area contributed by atoms with Crippen molar-refractivity contribution in [2.45, 2.75) is 50.9 Å². The van der Waals surface area contributed by atoms with Gasteiger partial charge in [-0.25, -0.2) is 9.18 Å². The minimum Gasteiger partial charge on any atom is -0.486 e. The molecule has 214 valence electrons. The summed E-state index contributed by atoms with van der Waals surface area (Å²) in [5, 5.41) is 1.56. The number of aromatic nitrogens is 2. The molecule has 8 nitrogen and oxygen atoms in total. The Hall–Kier alpha value is -3.00. The molecule has 0 aliphatic carbocycles. The number of benzene rings is 2. The second-order valence-electron chi connectivity index (χ2n) is 11.5. The van der Waals surface area contributed by atoms with Crippen molar-refractivity contribution in [1.29, 1.82) is 0 Å². The summed E-state index contributed by atoms with van der Waals surface area (Å²) in [4.78, 5) is 37.6. The molecule has 0 saturated carbocycles. The van der Waals surface area contributed by atoms with E-state index in [0.717, 1.165) is 49.7 Å². The molecular weight excluding hydrogens is 564 g/mol. The van der Waals surface area contributed by atoms with Crippen LogP contribution in [0.4, 0.5) is 10.2 Å². The normalized spacial score (nSPS) is 21.4. The van der Waals surface area contributed by atoms with Gasteiger partial charge in [0.1, 0.15) is 29.4 Å². The van der Waals surface area contributed by atoms with Gasteiger partial charge in [-0.05, 0) is 56.4 Å². The van der Waals surface area contributed by atoms with Crippen molar-refractivity contribution in [3.8, 4) is 16.9 Å². The molecule has 3 saturated heterocycles. The van der Waals surface area contributed by atoms with Crippen LogP contribution in [0.3, 0.4) is 0 Å². The van der Waals surface area contributed by atoms with E-state index in [-0.39, 0.29) is 30.1 Å². The van der Waals surface area contributed by atoms with E-state index in [2.05, 4.69) is 25.6 Å². The number of anilines is 1. The largest absolute Gasteiger partial charge is 0.486 e. The molecule has 3 aromatic rings. The van der Waals surface area contributed by atoms with Crippen molar-refractivity contribution in [3.63, 3.8) is 0 Å². The molecule has 1 amide bonds. The monoisotopic (exact) mass is 595 g/mol. The van der Waals surface area contributed by atoms with Crippen molar-refractivity contribution < 1.29 is 13.9 Å². The number of ether oxygens (including phenoxy) is 1. The number of hydrogen-bond donors (Lipinski definition) is 0. The lowest BCUT2D eigenvalue weighted by atomic mass is 9.94. The first-order valence-corrected chi connectivity index (χ1v) is 15.1. The van der Waals surface area contributed by atoms with Crippen LogP contribution in [0.25, 0.3) is 22.0 Å². The molecule has 2 aromatic carbocycles. The van der Waals surface area contributed by atoms with Gasteiger partial charge in [0.15, 0.2) is 5.75 Å². The molecule has 2 atom stereocenters. The molecule has 1 aromatic heterocycles. The molecule has 0 N–H and O–H groups in total. The second-order valence-corrected chi connectivity index (χ2v) is 12.5. The lowest BCUT2D eigenvalue weighted by Crippen LogP contribution is -2.54. The minimum atomic E-state index is -0.488. The van der Waals surface area contributed by atoms with E-state index in [9.17, 15) is 14.0 Å². The van der Waals surface area contributed by atoms with E-state index in [4.69, 9.17) is 21.3 Å². The van der Waals surface area contributed by atoms with Crippen molar-refractivity contribution in [2.24, 2.45) is 0 Å². The smallest absolute Gasteiger partial charge is 0.351 e. The summed E-state index contributed by atoms with van der Waals surface area (Å²) < 4.78 is 23.2. The molecule has 41 heavy (non-hydrogen) atoms. The minimum absolute atomic E-state index is 0.101. The van der Waals surface area contributed by atoms with E-state index >= 15 is 0 Å². The summed E-state index contributed by atoms with van der Waals surface area (Å²) >= 11 is 7.05. The molecule has 4 aliphatic rings. The number of carbonyl (C=O) groups excluding carboxylic acids is 1. The highest BCUT2D eigenvalue weighted by atomic mass is 35.5. The van der Waals surface area contributed by atoms with Gasteiger partial charge in [0.25, 0.3) is 0 Å². The Balaban J connectivity index is 1.52. The molecule has 4 aliphatic heterocycles. The van der Waals surface area contributed by atoms with Crippen LogP contribution in [-0.2, 0) is 17.1 Å². The van der Waals surface area contributed by atoms with E-state index in [1.807, 2.05) is 17.6 Å². The zero-order valence-corrected chi connectivity index (χ0v) is 24.9. The summed E-state index contributed by atoms with van der Waals surface area (Å²) in [6.45, 7) is 9.19. The Bertz CT molecular complexity index is 1680. The Kier molecular flexibility index (Phi) is 6.41. The quantitative estimate of drug-likeness (QED) is 0.337. The Morgan fingerprint density at radius 1 is 1.22 bits per heavy atom. The standard InChI is InChI=1S/C30H32ClFN5O3P/c1-3-22(38)34-12-13-36(17(2)15-34)28-19-14-20(31)24-23-18(6-7-21(32)27(23)41)16-40-26(24)25(19)37(29(39)33-28)30-8-4-10-35(30)11-5-9-30/h3,6-7,14,17H,1,4-5,8-13,15-16,41H2,2H3/t17-/m0/s1. The van der Waals surface area contributed by atoms with Crippen LogP contribution in [0.15, 0.2) is 35.6 Å². The van der Waals surface area contributed by atoms with Crippen LogP contribution in [-0.4, -0.2) is 64.0 Å². The van der Waals surface area contributed by atoms with Crippen LogP contribution in [0, 0.1) is 5.82 Å². The Morgan fingerprint density at radius 3 is 2.68 bits per heavy atom. The van der Waals surface area contributed by atoms with Gasteiger partial charge in [-0.3, -0.25) is 14.3 Å². The molecule has 3 fully saturated rings. The fourth-order valence-electron chi connectivity index (χ4n) is 7.53. The molecule has 5 heterocycles. The Labute approximate surface area is 244 Å². The van der Waals surface area contributed by atoms with Gasteiger partial charge in [-0.2, -0.15) is 4.98 Å². The highest BCUT2D eigenvalue weighted by Crippen LogP contribution is 2.51. The van der Waals surface area contributed by atoms with Crippen molar-refractivity contribution >= 4 is 48.8 Å². The number of piperazine rings is 1. The summed E-state index contributed by atoms with van der Waals surface area (Å²) in [5.74, 6) is 0.567. The number of amides is 1. The van der Waals surface area contributed by atoms with E-state index in [0.29, 0.717) is 58.2 Å². The van der Waals surface area contributed by atoms with E-state index < -0.39 is 5.66 Å². The lowest BCUT2D eigenvalue weighted by molar-refractivity contribution is -0.126. The third-order valence-corrected chi connectivity index (χ3v) is 10.2. The van der Waals surface area contributed by atoms with Gasteiger partial charge >= 0.3 is 5.69 Å². The molecule has 0 bridgehead atoms. The van der Waals surface area contributed by atoms with Gasteiger partial charge in [-0.15, -0.1) is 9.24 Å². The van der Waals surface area contributed by atoms with E-state index in [1.165, 1.54) is 12.1 Å². The number of nitrogens with zero attached hydrogens (tertiary/aromatic N) is 5. The summed E-state index contributed by atoms with van der Waals surface area (Å²) in [7, 11) is 2.51. The third-order valence-electron chi connectivity index (χ3n) is 9.37. The van der Waals surface area contributed by atoms with Gasteiger partial charge in [0, 0.05) is 60.6 Å². The van der Waals surface area contributed by atoms with Crippen molar-refractivity contribution in [1.82, 2.24) is 19.4 Å². The zero-order chi connectivity index (χ0) is 28.6. The van der Waals surface area contributed by atoms with Gasteiger partial charge < -0.3 is 14.5 Å². The Morgan fingerprint density at radius 2 is 1.98 bits per heavy atom. The van der Waals surface area contributed by atoms with Gasteiger partial charge in [0.2, 0.25) is 5.91 Å². The van der Waals surface area contributed by atoms with Crippen molar-refractivity contribution in [2.75, 3.05) is 37.6 Å². The number of halogens is 2. The first-order valence-electron chi connectivity index (χ1n) is 14.2. The summed E-state index contributed by atoms with van der Waals surface area (Å²) in [5.41, 5.74) is 1.97. The second kappa shape index (κ2) is 9.79. The maximum Gasteiger partial charge on any atom is 0.351 e. The number of fused-ring (bicyclic) bond motifs is 6. The topological polar surface area (TPSA) is 70.9 Å². The average molecular weight is 596 g/mol. The highest BCUT2D eigenvalue weighted by molar-refractivity contribution is 7.28. The molecule has 11 heteroatoms. The summed E-state index contributed by atoms with van der Waals surface area (Å²) in [6.07, 6.45) is 5.01. The number of rotatable bonds is 3. The molecule has 7 rings (SSSR count). The molecule has 1 unspecified atom stereocenters. The molecular formula is C30H32ClFN5O3P. The molecule has 0 radical (unpaired) electrons. The maximum atomic E-state index is 14.9. The number of carbonyl (C=O) groups is 1. The van der Waals surface area contributed by atoms with Gasteiger partial charge in [-0.1, -0.05) is 24.2 Å². The van der Waals surface area contributed by atoms with Crippen LogP contribution in [0.5, 0.6) is 5.75 Å². The predicted molar refractivity (Wildman–Crippen MR) is 162 cm³/mol. The fourth-order valence-corrected chi connectivity index (χ4v) is 8.25. The first-order chi connectivity index (χ1) is 19.7. The highest BCUT2D eigenvalue weighted by Gasteiger charge is 2.48. The maximum absolute atomic E-state index is 14.9. The van der Waals surface area contributed by atoms with Crippen LogP contribution >= 0.6 is 20.8 Å². The van der Waals surface area contributed by atoms with Crippen molar-refractivity contribution in [3.05, 3.63) is 57.7 Å². The van der Waals surface area contributed by atoms with Crippen LogP contribution < -0.4 is 20.6 Å². The van der Waals surface area contributed by atoms with Crippen LogP contribution in [0.1, 0.15) is 38.2 Å².